The van der Waals surface area contributed by atoms with Gasteiger partial charge >= 0.3 is 0 Å². The third-order valence-electron chi connectivity index (χ3n) is 3.97. The van der Waals surface area contributed by atoms with Crippen LogP contribution in [0.3, 0.4) is 0 Å². The standard InChI is InChI=1S/C14H28N2O3.ClH/c1-11(2)12(19-4)9-16-13(17)14(10-18-3)5-7-15-8-6-14;/h11-12,15H,5-10H2,1-4H3,(H,16,17);1H. The molecule has 1 heterocycles. The fourth-order valence-electron chi connectivity index (χ4n) is 2.59. The van der Waals surface area contributed by atoms with Crippen molar-refractivity contribution in [2.45, 2.75) is 32.8 Å². The van der Waals surface area contributed by atoms with E-state index in [1.807, 2.05) is 0 Å². The van der Waals surface area contributed by atoms with Crippen LogP contribution < -0.4 is 10.6 Å². The Morgan fingerprint density at radius 1 is 1.30 bits per heavy atom. The molecule has 1 aliphatic heterocycles. The Bertz CT molecular complexity index is 276. The first-order valence-electron chi connectivity index (χ1n) is 7.06. The van der Waals surface area contributed by atoms with E-state index in [1.165, 1.54) is 0 Å². The molecule has 0 aromatic rings. The van der Waals surface area contributed by atoms with Crippen molar-refractivity contribution in [1.82, 2.24) is 10.6 Å². The molecular weight excluding hydrogens is 280 g/mol. The molecule has 1 unspecified atom stereocenters. The second kappa shape index (κ2) is 9.55. The number of piperidine rings is 1. The highest BCUT2D eigenvalue weighted by molar-refractivity contribution is 5.85. The maximum atomic E-state index is 12.5. The summed E-state index contributed by atoms with van der Waals surface area (Å²) in [5.41, 5.74) is -0.380. The summed E-state index contributed by atoms with van der Waals surface area (Å²) in [4.78, 5) is 12.5. The number of halogens is 1. The summed E-state index contributed by atoms with van der Waals surface area (Å²) < 4.78 is 10.7. The van der Waals surface area contributed by atoms with Crippen molar-refractivity contribution >= 4 is 18.3 Å². The summed E-state index contributed by atoms with van der Waals surface area (Å²) >= 11 is 0. The Morgan fingerprint density at radius 2 is 1.90 bits per heavy atom. The Hall–Kier alpha value is -0.360. The Labute approximate surface area is 128 Å². The van der Waals surface area contributed by atoms with Gasteiger partial charge in [0.05, 0.1) is 18.1 Å². The molecule has 0 saturated carbocycles. The van der Waals surface area contributed by atoms with Crippen molar-refractivity contribution in [3.8, 4) is 0 Å². The SMILES string of the molecule is COCC1(C(=O)NCC(OC)C(C)C)CCNCC1.Cl. The van der Waals surface area contributed by atoms with E-state index < -0.39 is 0 Å². The highest BCUT2D eigenvalue weighted by Gasteiger charge is 2.39. The number of carbonyl (C=O) groups excluding carboxylic acids is 1. The molecule has 0 spiro atoms. The zero-order valence-electron chi connectivity index (χ0n) is 13.0. The van der Waals surface area contributed by atoms with Crippen LogP contribution in [0.5, 0.6) is 0 Å². The zero-order chi connectivity index (χ0) is 14.3. The van der Waals surface area contributed by atoms with Crippen molar-refractivity contribution in [3.63, 3.8) is 0 Å². The molecule has 5 nitrogen and oxygen atoms in total. The molecule has 0 aliphatic carbocycles. The molecule has 1 atom stereocenters. The molecule has 1 fully saturated rings. The van der Waals surface area contributed by atoms with Crippen LogP contribution in [0, 0.1) is 11.3 Å². The molecule has 120 valence electrons. The number of hydrogen-bond acceptors (Lipinski definition) is 4. The molecule has 1 aliphatic rings. The van der Waals surface area contributed by atoms with Crippen LogP contribution in [0.2, 0.25) is 0 Å². The summed E-state index contributed by atoms with van der Waals surface area (Å²) in [6, 6.07) is 0. The molecule has 0 radical (unpaired) electrons. The lowest BCUT2D eigenvalue weighted by Crippen LogP contribution is -2.51. The number of ether oxygens (including phenoxy) is 2. The summed E-state index contributed by atoms with van der Waals surface area (Å²) in [6.45, 7) is 6.97. The van der Waals surface area contributed by atoms with Gasteiger partial charge in [0.2, 0.25) is 5.91 Å². The lowest BCUT2D eigenvalue weighted by molar-refractivity contribution is -0.136. The summed E-state index contributed by atoms with van der Waals surface area (Å²) in [5.74, 6) is 0.482. The molecule has 1 saturated heterocycles. The third-order valence-corrected chi connectivity index (χ3v) is 3.97. The zero-order valence-corrected chi connectivity index (χ0v) is 13.8. The maximum absolute atomic E-state index is 12.5. The van der Waals surface area contributed by atoms with Crippen LogP contribution in [0.1, 0.15) is 26.7 Å². The molecule has 0 aromatic heterocycles. The van der Waals surface area contributed by atoms with Crippen LogP contribution in [-0.4, -0.2) is 52.5 Å². The summed E-state index contributed by atoms with van der Waals surface area (Å²) in [6.07, 6.45) is 1.71. The van der Waals surface area contributed by atoms with E-state index in [0.29, 0.717) is 19.1 Å². The minimum absolute atomic E-state index is 0. The van der Waals surface area contributed by atoms with Gasteiger partial charge in [-0.3, -0.25) is 4.79 Å². The monoisotopic (exact) mass is 308 g/mol. The minimum atomic E-state index is -0.380. The van der Waals surface area contributed by atoms with Gasteiger partial charge < -0.3 is 20.1 Å². The molecule has 2 N–H and O–H groups in total. The Balaban J connectivity index is 0.00000361. The Kier molecular flexibility index (Phi) is 9.38. The average Bonchev–Trinajstić information content (AvgIpc) is 2.40. The van der Waals surface area contributed by atoms with Gasteiger partial charge in [0.1, 0.15) is 0 Å². The van der Waals surface area contributed by atoms with Gasteiger partial charge in [-0.15, -0.1) is 12.4 Å². The van der Waals surface area contributed by atoms with E-state index in [0.717, 1.165) is 25.9 Å². The fourth-order valence-corrected chi connectivity index (χ4v) is 2.59. The second-order valence-electron chi connectivity index (χ2n) is 5.69. The third kappa shape index (κ3) is 5.20. The first-order chi connectivity index (χ1) is 9.05. The first-order valence-corrected chi connectivity index (χ1v) is 7.06. The quantitative estimate of drug-likeness (QED) is 0.742. The van der Waals surface area contributed by atoms with E-state index in [-0.39, 0.29) is 29.8 Å². The van der Waals surface area contributed by atoms with E-state index in [9.17, 15) is 4.79 Å². The molecule has 1 amide bonds. The number of nitrogens with one attached hydrogen (secondary N) is 2. The van der Waals surface area contributed by atoms with Crippen molar-refractivity contribution in [1.29, 1.82) is 0 Å². The van der Waals surface area contributed by atoms with Crippen LogP contribution in [-0.2, 0) is 14.3 Å². The van der Waals surface area contributed by atoms with Crippen LogP contribution in [0.4, 0.5) is 0 Å². The lowest BCUT2D eigenvalue weighted by Gasteiger charge is -2.36. The van der Waals surface area contributed by atoms with Gasteiger partial charge in [-0.1, -0.05) is 13.8 Å². The predicted molar refractivity (Wildman–Crippen MR) is 82.3 cm³/mol. The smallest absolute Gasteiger partial charge is 0.228 e. The largest absolute Gasteiger partial charge is 0.384 e. The molecular formula is C14H29ClN2O3. The van der Waals surface area contributed by atoms with Crippen molar-refractivity contribution in [2.24, 2.45) is 11.3 Å². The predicted octanol–water partition coefficient (Wildman–Crippen LogP) is 1.21. The van der Waals surface area contributed by atoms with Gasteiger partial charge in [0, 0.05) is 20.8 Å². The van der Waals surface area contributed by atoms with Crippen molar-refractivity contribution in [3.05, 3.63) is 0 Å². The van der Waals surface area contributed by atoms with Crippen molar-refractivity contribution < 1.29 is 14.3 Å². The van der Waals surface area contributed by atoms with Crippen LogP contribution in [0.25, 0.3) is 0 Å². The molecule has 1 rings (SSSR count). The van der Waals surface area contributed by atoms with E-state index in [4.69, 9.17) is 9.47 Å². The summed E-state index contributed by atoms with van der Waals surface area (Å²) in [7, 11) is 3.34. The van der Waals surface area contributed by atoms with Gasteiger partial charge in [-0.25, -0.2) is 0 Å². The highest BCUT2D eigenvalue weighted by Crippen LogP contribution is 2.29. The number of amides is 1. The second-order valence-corrected chi connectivity index (χ2v) is 5.69. The number of carbonyl (C=O) groups is 1. The first kappa shape index (κ1) is 19.6. The maximum Gasteiger partial charge on any atom is 0.228 e. The lowest BCUT2D eigenvalue weighted by atomic mass is 9.78. The minimum Gasteiger partial charge on any atom is -0.384 e. The molecule has 0 bridgehead atoms. The highest BCUT2D eigenvalue weighted by atomic mass is 35.5. The molecule has 6 heteroatoms. The number of hydrogen-bond donors (Lipinski definition) is 2. The van der Waals surface area contributed by atoms with Crippen molar-refractivity contribution in [2.75, 3.05) is 40.5 Å². The molecule has 20 heavy (non-hydrogen) atoms. The number of methoxy groups -OCH3 is 2. The van der Waals surface area contributed by atoms with E-state index >= 15 is 0 Å². The van der Waals surface area contributed by atoms with Crippen LogP contribution >= 0.6 is 12.4 Å². The summed E-state index contributed by atoms with van der Waals surface area (Å²) in [5, 5.41) is 6.33. The van der Waals surface area contributed by atoms with Gasteiger partial charge in [0.25, 0.3) is 0 Å². The van der Waals surface area contributed by atoms with Gasteiger partial charge in [0.15, 0.2) is 0 Å². The fraction of sp³-hybridized carbons (Fsp3) is 0.929. The topological polar surface area (TPSA) is 59.6 Å². The van der Waals surface area contributed by atoms with E-state index in [2.05, 4.69) is 24.5 Å². The normalized spacial score (nSPS) is 19.2. The van der Waals surface area contributed by atoms with E-state index in [1.54, 1.807) is 14.2 Å². The Morgan fingerprint density at radius 3 is 2.35 bits per heavy atom. The van der Waals surface area contributed by atoms with Crippen LogP contribution in [0.15, 0.2) is 0 Å². The van der Waals surface area contributed by atoms with Gasteiger partial charge in [-0.2, -0.15) is 0 Å². The molecule has 0 aromatic carbocycles. The number of rotatable bonds is 7. The average molecular weight is 309 g/mol. The van der Waals surface area contributed by atoms with Gasteiger partial charge in [-0.05, 0) is 31.8 Å².